The first-order chi connectivity index (χ1) is 10.1. The van der Waals surface area contributed by atoms with Gasteiger partial charge in [-0.25, -0.2) is 13.1 Å². The van der Waals surface area contributed by atoms with Crippen LogP contribution in [0.3, 0.4) is 0 Å². The molecule has 1 aliphatic carbocycles. The van der Waals surface area contributed by atoms with Gasteiger partial charge in [0.05, 0.1) is 11.0 Å². The highest BCUT2D eigenvalue weighted by Gasteiger charge is 2.32. The summed E-state index contributed by atoms with van der Waals surface area (Å²) in [7, 11) is -1.83. The fraction of sp³-hybridized carbons (Fsp3) is 0.714. The third-order valence-electron chi connectivity index (χ3n) is 3.77. The van der Waals surface area contributed by atoms with E-state index in [9.17, 15) is 8.42 Å². The second-order valence-corrected chi connectivity index (χ2v) is 8.00. The van der Waals surface area contributed by atoms with Crippen LogP contribution in [0.15, 0.2) is 16.3 Å². The van der Waals surface area contributed by atoms with Gasteiger partial charge in [-0.15, -0.1) is 11.3 Å². The Hall–Kier alpha value is -0.470. The second kappa shape index (κ2) is 7.69. The fourth-order valence-corrected chi connectivity index (χ4v) is 5.39. The van der Waals surface area contributed by atoms with Gasteiger partial charge in [-0.1, -0.05) is 6.92 Å². The van der Waals surface area contributed by atoms with E-state index in [1.165, 1.54) is 11.3 Å². The topological polar surface area (TPSA) is 67.4 Å². The van der Waals surface area contributed by atoms with E-state index >= 15 is 0 Å². The van der Waals surface area contributed by atoms with Gasteiger partial charge >= 0.3 is 0 Å². The molecule has 5 nitrogen and oxygen atoms in total. The third kappa shape index (κ3) is 4.26. The molecular formula is C14H24N2O3S2. The highest BCUT2D eigenvalue weighted by molar-refractivity contribution is 7.89. The van der Waals surface area contributed by atoms with E-state index in [1.54, 1.807) is 13.2 Å². The van der Waals surface area contributed by atoms with Crippen molar-refractivity contribution in [2.24, 2.45) is 0 Å². The van der Waals surface area contributed by atoms with Crippen molar-refractivity contribution in [3.05, 3.63) is 16.3 Å². The van der Waals surface area contributed by atoms with Gasteiger partial charge in [-0.2, -0.15) is 0 Å². The average Bonchev–Trinajstić information content (AvgIpc) is 3.07. The third-order valence-corrected chi connectivity index (χ3v) is 6.39. The summed E-state index contributed by atoms with van der Waals surface area (Å²) in [5.41, 5.74) is 0. The lowest BCUT2D eigenvalue weighted by Gasteiger charge is -2.19. The molecule has 0 bridgehead atoms. The molecule has 1 heterocycles. The maximum atomic E-state index is 12.6. The molecule has 0 spiro atoms. The smallest absolute Gasteiger partial charge is 0.242 e. The van der Waals surface area contributed by atoms with Gasteiger partial charge < -0.3 is 10.1 Å². The first kappa shape index (κ1) is 16.9. The number of hydrogen-bond donors (Lipinski definition) is 2. The summed E-state index contributed by atoms with van der Waals surface area (Å²) in [4.78, 5) is 1.26. The normalized spacial score (nSPS) is 22.8. The maximum Gasteiger partial charge on any atom is 0.242 e. The van der Waals surface area contributed by atoms with Gasteiger partial charge in [-0.3, -0.25) is 0 Å². The SMILES string of the molecule is CCCNCc1sccc1S(=O)(=O)NC1CCCC1OC. The van der Waals surface area contributed by atoms with Gasteiger partial charge in [0.25, 0.3) is 0 Å². The van der Waals surface area contributed by atoms with Crippen molar-refractivity contribution in [2.75, 3.05) is 13.7 Å². The molecule has 21 heavy (non-hydrogen) atoms. The molecule has 0 aliphatic heterocycles. The predicted octanol–water partition coefficient (Wildman–Crippen LogP) is 2.09. The number of nitrogens with one attached hydrogen (secondary N) is 2. The number of sulfonamides is 1. The summed E-state index contributed by atoms with van der Waals surface area (Å²) in [5, 5.41) is 5.09. The van der Waals surface area contributed by atoms with Crippen LogP contribution < -0.4 is 10.0 Å². The largest absolute Gasteiger partial charge is 0.380 e. The van der Waals surface area contributed by atoms with Crippen LogP contribution in [-0.2, 0) is 21.3 Å². The number of hydrogen-bond acceptors (Lipinski definition) is 5. The predicted molar refractivity (Wildman–Crippen MR) is 85.1 cm³/mol. The van der Waals surface area contributed by atoms with E-state index in [0.717, 1.165) is 37.1 Å². The lowest BCUT2D eigenvalue weighted by molar-refractivity contribution is 0.0916. The van der Waals surface area contributed by atoms with E-state index in [0.29, 0.717) is 11.4 Å². The van der Waals surface area contributed by atoms with Crippen molar-refractivity contribution in [2.45, 2.75) is 56.2 Å². The monoisotopic (exact) mass is 332 g/mol. The summed E-state index contributed by atoms with van der Waals surface area (Å²) < 4.78 is 33.3. The molecule has 1 aromatic rings. The molecule has 1 saturated carbocycles. The molecule has 2 atom stereocenters. The number of thiophene rings is 1. The number of rotatable bonds is 8. The van der Waals surface area contributed by atoms with Crippen LogP contribution >= 0.6 is 11.3 Å². The molecule has 0 radical (unpaired) electrons. The van der Waals surface area contributed by atoms with Crippen LogP contribution in [0.1, 0.15) is 37.5 Å². The molecule has 1 aromatic heterocycles. The van der Waals surface area contributed by atoms with Crippen molar-refractivity contribution >= 4 is 21.4 Å². The van der Waals surface area contributed by atoms with Crippen LogP contribution in [0.2, 0.25) is 0 Å². The lowest BCUT2D eigenvalue weighted by atomic mass is 10.2. The van der Waals surface area contributed by atoms with Crippen molar-refractivity contribution in [1.82, 2.24) is 10.0 Å². The van der Waals surface area contributed by atoms with E-state index in [4.69, 9.17) is 4.74 Å². The van der Waals surface area contributed by atoms with Crippen molar-refractivity contribution in [1.29, 1.82) is 0 Å². The molecule has 2 N–H and O–H groups in total. The Morgan fingerprint density at radius 2 is 2.24 bits per heavy atom. The van der Waals surface area contributed by atoms with Gasteiger partial charge in [0, 0.05) is 24.6 Å². The summed E-state index contributed by atoms with van der Waals surface area (Å²) in [6.45, 7) is 3.57. The molecule has 0 saturated heterocycles. The highest BCUT2D eigenvalue weighted by atomic mass is 32.2. The zero-order chi connectivity index (χ0) is 15.3. The zero-order valence-corrected chi connectivity index (χ0v) is 14.2. The minimum Gasteiger partial charge on any atom is -0.380 e. The van der Waals surface area contributed by atoms with Crippen molar-refractivity contribution in [3.8, 4) is 0 Å². The molecule has 1 aliphatic rings. The Balaban J connectivity index is 2.07. The minimum atomic E-state index is -3.47. The van der Waals surface area contributed by atoms with E-state index in [1.807, 2.05) is 5.38 Å². The molecule has 7 heteroatoms. The molecular weight excluding hydrogens is 308 g/mol. The number of ether oxygens (including phenoxy) is 1. The second-order valence-electron chi connectivity index (χ2n) is 5.32. The standard InChI is InChI=1S/C14H24N2O3S2/c1-3-8-15-10-13-14(7-9-20-13)21(17,18)16-11-5-4-6-12(11)19-2/h7,9,11-12,15-16H,3-6,8,10H2,1-2H3. The summed E-state index contributed by atoms with van der Waals surface area (Å²) >= 11 is 1.48. The first-order valence-electron chi connectivity index (χ1n) is 7.40. The summed E-state index contributed by atoms with van der Waals surface area (Å²) in [6, 6.07) is 1.57. The Bertz CT molecular complexity index is 542. The van der Waals surface area contributed by atoms with Gasteiger partial charge in [0.15, 0.2) is 0 Å². The Labute approximate surface area is 131 Å². The van der Waals surface area contributed by atoms with Crippen LogP contribution in [0.4, 0.5) is 0 Å². The lowest BCUT2D eigenvalue weighted by Crippen LogP contribution is -2.40. The van der Waals surface area contributed by atoms with E-state index in [2.05, 4.69) is 17.0 Å². The van der Waals surface area contributed by atoms with Crippen LogP contribution in [0.25, 0.3) is 0 Å². The fourth-order valence-electron chi connectivity index (χ4n) is 2.68. The van der Waals surface area contributed by atoms with E-state index < -0.39 is 10.0 Å². The van der Waals surface area contributed by atoms with Crippen LogP contribution in [0.5, 0.6) is 0 Å². The van der Waals surface area contributed by atoms with Crippen molar-refractivity contribution in [3.63, 3.8) is 0 Å². The molecule has 0 aromatic carbocycles. The summed E-state index contributed by atoms with van der Waals surface area (Å²) in [6.07, 6.45) is 3.77. The Morgan fingerprint density at radius 3 is 2.95 bits per heavy atom. The Kier molecular flexibility index (Phi) is 6.19. The van der Waals surface area contributed by atoms with Crippen molar-refractivity contribution < 1.29 is 13.2 Å². The van der Waals surface area contributed by atoms with Crippen LogP contribution in [-0.4, -0.2) is 34.2 Å². The molecule has 2 rings (SSSR count). The molecule has 1 fully saturated rings. The Morgan fingerprint density at radius 1 is 1.43 bits per heavy atom. The maximum absolute atomic E-state index is 12.6. The molecule has 0 amide bonds. The highest BCUT2D eigenvalue weighted by Crippen LogP contribution is 2.26. The zero-order valence-electron chi connectivity index (χ0n) is 12.6. The van der Waals surface area contributed by atoms with Crippen LogP contribution in [0, 0.1) is 0 Å². The first-order valence-corrected chi connectivity index (χ1v) is 9.77. The van der Waals surface area contributed by atoms with Gasteiger partial charge in [-0.05, 0) is 43.7 Å². The van der Waals surface area contributed by atoms with Gasteiger partial charge in [0.2, 0.25) is 10.0 Å². The minimum absolute atomic E-state index is 0.0138. The van der Waals surface area contributed by atoms with Gasteiger partial charge in [0.1, 0.15) is 0 Å². The summed E-state index contributed by atoms with van der Waals surface area (Å²) in [5.74, 6) is 0. The molecule has 2 unspecified atom stereocenters. The quantitative estimate of drug-likeness (QED) is 0.715. The van der Waals surface area contributed by atoms with E-state index in [-0.39, 0.29) is 12.1 Å². The molecule has 120 valence electrons. The average molecular weight is 332 g/mol. The number of methoxy groups -OCH3 is 1.